The summed E-state index contributed by atoms with van der Waals surface area (Å²) in [6.45, 7) is 12.1. The highest BCUT2D eigenvalue weighted by Crippen LogP contribution is 2.81. The Balaban J connectivity index is 1.54. The van der Waals surface area contributed by atoms with Gasteiger partial charge in [-0.05, 0) is 38.0 Å². The van der Waals surface area contributed by atoms with Gasteiger partial charge in [-0.1, -0.05) is 20.8 Å². The molecule has 5 saturated carbocycles. The minimum Gasteiger partial charge on any atom is -0.462 e. The Hall–Kier alpha value is -2.07. The third-order valence-corrected chi connectivity index (χ3v) is 15.2. The Labute approximate surface area is 289 Å². The van der Waals surface area contributed by atoms with Crippen molar-refractivity contribution < 1.29 is 63.3 Å². The molecule has 1 spiro atoms. The number of esters is 4. The molecule has 7 aliphatic rings. The summed E-state index contributed by atoms with van der Waals surface area (Å²) >= 11 is 6.53. The van der Waals surface area contributed by atoms with E-state index in [4.69, 9.17) is 41.0 Å². The molecule has 7 fully saturated rings. The monoisotopic (exact) mass is 713 g/mol. The molecule has 0 amide bonds. The molecule has 0 aromatic heterocycles. The number of carbonyl (C=O) groups excluding carboxylic acids is 4. The molecule has 6 N–H and O–H groups in total. The summed E-state index contributed by atoms with van der Waals surface area (Å²) in [7, 11) is 0. The summed E-state index contributed by atoms with van der Waals surface area (Å²) in [6.07, 6.45) is -8.56. The van der Waals surface area contributed by atoms with Gasteiger partial charge in [-0.3, -0.25) is 14.4 Å². The van der Waals surface area contributed by atoms with Crippen LogP contribution in [-0.4, -0.2) is 110 Å². The number of ether oxygens (including phenoxy) is 5. The number of fused-ring (bicyclic) bond motifs is 8. The molecule has 49 heavy (non-hydrogen) atoms. The lowest BCUT2D eigenvalue weighted by atomic mass is 9.40. The van der Waals surface area contributed by atoms with Crippen molar-refractivity contribution >= 4 is 35.5 Å². The van der Waals surface area contributed by atoms with Crippen LogP contribution >= 0.6 is 11.6 Å². The van der Waals surface area contributed by atoms with Crippen LogP contribution in [0.4, 0.5) is 0 Å². The molecule has 0 aromatic rings. The average molecular weight is 714 g/mol. The predicted molar refractivity (Wildman–Crippen MR) is 166 cm³/mol. The summed E-state index contributed by atoms with van der Waals surface area (Å²) in [6, 6.07) is -1.00. The molecule has 2 saturated heterocycles. The third-order valence-electron chi connectivity index (χ3n) is 14.8. The standard InChI is InChI=1S/C34H48ClNO13/c1-10-17-20(32(7)33(8,44)29(43)49-34(32)27(10)48-34)24(45-11(2)37)18-16-19(25(46-12(3)38)28(31(17,18)6)47-13(4)39)30(5)14(21(36)23(16)41)9-15(35)22(40)26(30)42/h10,14-28,40-42,44H,9,36H2,1-8H3/t10-,14+,15+,16?,17-,18+,19?,20-,21-,22-,23+,24+,25-,26-,27+,28-,30-,31+,32-,33+,34-/m0/s1. The van der Waals surface area contributed by atoms with E-state index < -0.39 is 147 Å². The van der Waals surface area contributed by atoms with Crippen LogP contribution in [0.2, 0.25) is 0 Å². The molecular formula is C34H48ClNO13. The fraction of sp³-hybridized carbons (Fsp3) is 0.882. The van der Waals surface area contributed by atoms with Crippen molar-refractivity contribution in [3.8, 4) is 0 Å². The van der Waals surface area contributed by atoms with E-state index in [-0.39, 0.29) is 6.42 Å². The smallest absolute Gasteiger partial charge is 0.341 e. The molecule has 2 unspecified atom stereocenters. The van der Waals surface area contributed by atoms with Crippen molar-refractivity contribution in [3.63, 3.8) is 0 Å². The van der Waals surface area contributed by atoms with Crippen LogP contribution < -0.4 is 5.73 Å². The second kappa shape index (κ2) is 10.5. The van der Waals surface area contributed by atoms with Crippen LogP contribution in [0.1, 0.15) is 61.8 Å². The van der Waals surface area contributed by atoms with Crippen molar-refractivity contribution in [2.24, 2.45) is 63.4 Å². The highest BCUT2D eigenvalue weighted by Gasteiger charge is 2.93. The first-order valence-corrected chi connectivity index (χ1v) is 17.6. The second-order valence-corrected chi connectivity index (χ2v) is 17.2. The predicted octanol–water partition coefficient (Wildman–Crippen LogP) is 0.0121. The van der Waals surface area contributed by atoms with E-state index in [1.165, 1.54) is 27.7 Å². The van der Waals surface area contributed by atoms with Gasteiger partial charge in [-0.25, -0.2) is 4.79 Å². The van der Waals surface area contributed by atoms with Gasteiger partial charge in [0.15, 0.2) is 5.60 Å². The van der Waals surface area contributed by atoms with Crippen LogP contribution in [0.15, 0.2) is 0 Å². The normalized spacial score (nSPS) is 59.5. The van der Waals surface area contributed by atoms with E-state index in [0.29, 0.717) is 0 Å². The van der Waals surface area contributed by atoms with Gasteiger partial charge in [0, 0.05) is 61.3 Å². The van der Waals surface area contributed by atoms with E-state index >= 15 is 0 Å². The SMILES string of the molecule is CC(=O)O[C@H]1[C@@H]2[C@H]([C@H](C)[C@H]3O[C@]34OC(=O)[C@@](C)(O)[C@]24C)[C@]2(C)[C@@H]1C1C([C@H](OC(C)=O)[C@@H]2OC(C)=O)[C@]2(C)[C@H](C[C@@H](Cl)[C@H](O)[C@@H]2O)[C@H](N)[C@@H]1O. The summed E-state index contributed by atoms with van der Waals surface area (Å²) < 4.78 is 30.7. The lowest BCUT2D eigenvalue weighted by Crippen LogP contribution is -2.77. The molecule has 0 radical (unpaired) electrons. The molecule has 15 heteroatoms. The molecule has 2 aliphatic heterocycles. The zero-order chi connectivity index (χ0) is 36.3. The number of hydrogen-bond acceptors (Lipinski definition) is 14. The molecule has 7 rings (SSSR count). The fourth-order valence-electron chi connectivity index (χ4n) is 12.9. The van der Waals surface area contributed by atoms with Gasteiger partial charge in [-0.2, -0.15) is 0 Å². The van der Waals surface area contributed by atoms with Crippen LogP contribution in [0.25, 0.3) is 0 Å². The van der Waals surface area contributed by atoms with E-state index in [0.717, 1.165) is 0 Å². The van der Waals surface area contributed by atoms with Gasteiger partial charge in [0.2, 0.25) is 5.79 Å². The van der Waals surface area contributed by atoms with Gasteiger partial charge in [0.1, 0.15) is 24.4 Å². The van der Waals surface area contributed by atoms with Crippen molar-refractivity contribution in [1.82, 2.24) is 0 Å². The first-order valence-electron chi connectivity index (χ1n) is 17.2. The molecule has 14 nitrogen and oxygen atoms in total. The molecule has 0 bridgehead atoms. The van der Waals surface area contributed by atoms with Gasteiger partial charge in [0.05, 0.1) is 29.1 Å². The van der Waals surface area contributed by atoms with Crippen molar-refractivity contribution in [3.05, 3.63) is 0 Å². The van der Waals surface area contributed by atoms with Crippen molar-refractivity contribution in [1.29, 1.82) is 0 Å². The highest BCUT2D eigenvalue weighted by molar-refractivity contribution is 6.21. The molecule has 21 atom stereocenters. The first kappa shape index (κ1) is 35.3. The number of alkyl halides is 1. The Morgan fingerprint density at radius 1 is 0.857 bits per heavy atom. The Kier molecular flexibility index (Phi) is 7.58. The van der Waals surface area contributed by atoms with Crippen LogP contribution in [0, 0.1) is 57.7 Å². The molecule has 5 aliphatic carbocycles. The lowest BCUT2D eigenvalue weighted by molar-refractivity contribution is -0.293. The van der Waals surface area contributed by atoms with E-state index in [1.54, 1.807) is 13.8 Å². The molecule has 0 aromatic carbocycles. The number of rotatable bonds is 3. The maximum atomic E-state index is 13.4. The quantitative estimate of drug-likeness (QED) is 0.113. The minimum absolute atomic E-state index is 0.113. The summed E-state index contributed by atoms with van der Waals surface area (Å²) in [5, 5.41) is 46.6. The van der Waals surface area contributed by atoms with Crippen molar-refractivity contribution in [2.75, 3.05) is 0 Å². The van der Waals surface area contributed by atoms with E-state index in [1.807, 2.05) is 13.8 Å². The van der Waals surface area contributed by atoms with Gasteiger partial charge in [0.25, 0.3) is 0 Å². The fourth-order valence-corrected chi connectivity index (χ4v) is 13.2. The maximum Gasteiger partial charge on any atom is 0.341 e. The number of aliphatic hydroxyl groups is 4. The highest BCUT2D eigenvalue weighted by atomic mass is 35.5. The van der Waals surface area contributed by atoms with Crippen molar-refractivity contribution in [2.45, 2.75) is 127 Å². The summed E-state index contributed by atoms with van der Waals surface area (Å²) in [5.41, 5.74) is 0.561. The topological polar surface area (TPSA) is 225 Å². The molecule has 2 heterocycles. The zero-order valence-electron chi connectivity index (χ0n) is 28.9. The molecular weight excluding hydrogens is 666 g/mol. The average Bonchev–Trinajstić information content (AvgIpc) is 3.64. The summed E-state index contributed by atoms with van der Waals surface area (Å²) in [5.74, 6) is -10.2. The number of epoxide rings is 1. The lowest BCUT2D eigenvalue weighted by Gasteiger charge is -2.68. The van der Waals surface area contributed by atoms with E-state index in [2.05, 4.69) is 0 Å². The Morgan fingerprint density at radius 2 is 1.41 bits per heavy atom. The first-order chi connectivity index (χ1) is 22.6. The van der Waals surface area contributed by atoms with Gasteiger partial charge in [-0.15, -0.1) is 11.6 Å². The van der Waals surface area contributed by atoms with Gasteiger partial charge < -0.3 is 49.8 Å². The van der Waals surface area contributed by atoms with Crippen LogP contribution in [-0.2, 0) is 42.9 Å². The number of hydrogen-bond donors (Lipinski definition) is 5. The number of nitrogens with two attached hydrogens (primary N) is 1. The van der Waals surface area contributed by atoms with Crippen LogP contribution in [0.5, 0.6) is 0 Å². The minimum atomic E-state index is -2.13. The van der Waals surface area contributed by atoms with E-state index in [9.17, 15) is 39.6 Å². The van der Waals surface area contributed by atoms with Crippen LogP contribution in [0.3, 0.4) is 0 Å². The maximum absolute atomic E-state index is 13.4. The second-order valence-electron chi connectivity index (χ2n) is 16.7. The number of aliphatic hydroxyl groups excluding tert-OH is 3. The largest absolute Gasteiger partial charge is 0.462 e. The van der Waals surface area contributed by atoms with Gasteiger partial charge >= 0.3 is 23.9 Å². The zero-order valence-corrected chi connectivity index (χ0v) is 29.6. The third kappa shape index (κ3) is 3.94. The Bertz CT molecular complexity index is 1490. The molecule has 274 valence electrons. The number of halogens is 1. The summed E-state index contributed by atoms with van der Waals surface area (Å²) in [4.78, 5) is 52.6. The number of carbonyl (C=O) groups is 4. The Morgan fingerprint density at radius 3 is 1.98 bits per heavy atom.